The molecule has 2 aromatic heterocycles. The molecular weight excluding hydrogens is 322 g/mol. The van der Waals surface area contributed by atoms with Crippen LogP contribution < -0.4 is 5.32 Å². The van der Waals surface area contributed by atoms with Gasteiger partial charge in [-0.3, -0.25) is 4.68 Å². The van der Waals surface area contributed by atoms with Gasteiger partial charge in [0.05, 0.1) is 12.7 Å². The molecule has 0 unspecified atom stereocenters. The Morgan fingerprint density at radius 2 is 2.41 bits per heavy atom. The van der Waals surface area contributed by atoms with Gasteiger partial charge in [-0.2, -0.15) is 5.10 Å². The number of aromatic nitrogens is 2. The number of hydrogen-bond acceptors (Lipinski definition) is 3. The van der Waals surface area contributed by atoms with Crippen LogP contribution >= 0.6 is 38.9 Å². The Morgan fingerprint density at radius 3 is 3.00 bits per heavy atom. The third-order valence-electron chi connectivity index (χ3n) is 2.28. The highest BCUT2D eigenvalue weighted by Crippen LogP contribution is 2.31. The molecule has 0 aliphatic carbocycles. The Kier molecular flexibility index (Phi) is 4.62. The Morgan fingerprint density at radius 1 is 1.59 bits per heavy atom. The van der Waals surface area contributed by atoms with Crippen LogP contribution in [-0.2, 0) is 13.1 Å². The minimum atomic E-state index is 0.810. The van der Waals surface area contributed by atoms with Gasteiger partial charge in [-0.05, 0) is 34.5 Å². The van der Waals surface area contributed by atoms with Gasteiger partial charge in [-0.1, -0.05) is 11.6 Å². The van der Waals surface area contributed by atoms with Crippen LogP contribution in [0.15, 0.2) is 22.9 Å². The molecule has 1 N–H and O–H groups in total. The number of hydrogen-bond donors (Lipinski definition) is 1. The second kappa shape index (κ2) is 6.00. The first-order chi connectivity index (χ1) is 8.15. The SMILES string of the molecule is Cc1cnn(CCNCc2cc(Br)c(Cl)s2)c1. The maximum absolute atomic E-state index is 5.97. The summed E-state index contributed by atoms with van der Waals surface area (Å²) < 4.78 is 3.73. The predicted molar refractivity (Wildman–Crippen MR) is 75.7 cm³/mol. The maximum Gasteiger partial charge on any atom is 0.107 e. The van der Waals surface area contributed by atoms with Crippen molar-refractivity contribution in [3.05, 3.63) is 37.7 Å². The van der Waals surface area contributed by atoms with Crippen molar-refractivity contribution in [1.29, 1.82) is 0 Å². The van der Waals surface area contributed by atoms with E-state index in [0.717, 1.165) is 28.4 Å². The minimum Gasteiger partial charge on any atom is -0.310 e. The Balaban J connectivity index is 1.73. The molecule has 2 rings (SSSR count). The normalized spacial score (nSPS) is 11.0. The highest BCUT2D eigenvalue weighted by molar-refractivity contribution is 9.10. The lowest BCUT2D eigenvalue weighted by Crippen LogP contribution is -2.19. The van der Waals surface area contributed by atoms with Crippen LogP contribution in [0.2, 0.25) is 4.34 Å². The predicted octanol–water partition coefficient (Wildman–Crippen LogP) is 3.46. The van der Waals surface area contributed by atoms with Crippen molar-refractivity contribution in [3.63, 3.8) is 0 Å². The van der Waals surface area contributed by atoms with Gasteiger partial charge in [0, 0.05) is 28.6 Å². The van der Waals surface area contributed by atoms with Crippen LogP contribution in [0.4, 0.5) is 0 Å². The van der Waals surface area contributed by atoms with Crippen LogP contribution in [0.5, 0.6) is 0 Å². The lowest BCUT2D eigenvalue weighted by molar-refractivity contribution is 0.556. The first-order valence-corrected chi connectivity index (χ1v) is 7.27. The van der Waals surface area contributed by atoms with Gasteiger partial charge in [0.25, 0.3) is 0 Å². The van der Waals surface area contributed by atoms with E-state index in [1.165, 1.54) is 10.4 Å². The molecule has 0 bridgehead atoms. The average Bonchev–Trinajstić information content (AvgIpc) is 2.82. The summed E-state index contributed by atoms with van der Waals surface area (Å²) >= 11 is 11.0. The molecule has 0 aliphatic heterocycles. The van der Waals surface area contributed by atoms with Crippen molar-refractivity contribution in [1.82, 2.24) is 15.1 Å². The second-order valence-electron chi connectivity index (χ2n) is 3.79. The second-order valence-corrected chi connectivity index (χ2v) is 6.39. The number of nitrogens with zero attached hydrogens (tertiary/aromatic N) is 2. The molecule has 3 nitrogen and oxygen atoms in total. The first kappa shape index (κ1) is 13.1. The quantitative estimate of drug-likeness (QED) is 0.849. The van der Waals surface area contributed by atoms with Crippen LogP contribution in [0, 0.1) is 6.92 Å². The lowest BCUT2D eigenvalue weighted by atomic mass is 10.4. The van der Waals surface area contributed by atoms with Gasteiger partial charge in [0.1, 0.15) is 4.34 Å². The Bertz CT molecular complexity index is 475. The van der Waals surface area contributed by atoms with Gasteiger partial charge < -0.3 is 5.32 Å². The maximum atomic E-state index is 5.97. The molecule has 2 heterocycles. The molecule has 0 amide bonds. The van der Waals surface area contributed by atoms with Crippen molar-refractivity contribution in [2.24, 2.45) is 0 Å². The summed E-state index contributed by atoms with van der Waals surface area (Å²) in [4.78, 5) is 1.23. The van der Waals surface area contributed by atoms with Crippen molar-refractivity contribution >= 4 is 38.9 Å². The summed E-state index contributed by atoms with van der Waals surface area (Å²) in [5, 5.41) is 7.60. The average molecular weight is 335 g/mol. The van der Waals surface area contributed by atoms with E-state index in [0.29, 0.717) is 0 Å². The smallest absolute Gasteiger partial charge is 0.107 e. The van der Waals surface area contributed by atoms with E-state index in [-0.39, 0.29) is 0 Å². The van der Waals surface area contributed by atoms with E-state index in [1.807, 2.05) is 24.0 Å². The van der Waals surface area contributed by atoms with Crippen LogP contribution in [-0.4, -0.2) is 16.3 Å². The van der Waals surface area contributed by atoms with E-state index < -0.39 is 0 Å². The molecule has 0 atom stereocenters. The zero-order chi connectivity index (χ0) is 12.3. The fourth-order valence-corrected chi connectivity index (χ4v) is 3.23. The summed E-state index contributed by atoms with van der Waals surface area (Å²) in [6.45, 7) is 4.67. The molecule has 0 aromatic carbocycles. The van der Waals surface area contributed by atoms with Crippen molar-refractivity contribution in [3.8, 4) is 0 Å². The first-order valence-electron chi connectivity index (χ1n) is 5.28. The van der Waals surface area contributed by atoms with Gasteiger partial charge in [-0.15, -0.1) is 11.3 Å². The minimum absolute atomic E-state index is 0.810. The largest absolute Gasteiger partial charge is 0.310 e. The summed E-state index contributed by atoms with van der Waals surface area (Å²) in [6.07, 6.45) is 3.91. The van der Waals surface area contributed by atoms with E-state index in [9.17, 15) is 0 Å². The fourth-order valence-electron chi connectivity index (χ4n) is 1.47. The molecule has 6 heteroatoms. The summed E-state index contributed by atoms with van der Waals surface area (Å²) in [6, 6.07) is 2.05. The number of aryl methyl sites for hydroxylation is 1. The monoisotopic (exact) mass is 333 g/mol. The summed E-state index contributed by atoms with van der Waals surface area (Å²) in [7, 11) is 0. The zero-order valence-corrected chi connectivity index (χ0v) is 12.6. The number of halogens is 2. The Hall–Kier alpha value is -0.360. The summed E-state index contributed by atoms with van der Waals surface area (Å²) in [5.74, 6) is 0. The molecule has 0 saturated heterocycles. The van der Waals surface area contributed by atoms with Gasteiger partial charge in [0.2, 0.25) is 0 Å². The molecule has 0 fully saturated rings. The highest BCUT2D eigenvalue weighted by atomic mass is 79.9. The van der Waals surface area contributed by atoms with Crippen LogP contribution in [0.1, 0.15) is 10.4 Å². The van der Waals surface area contributed by atoms with Gasteiger partial charge >= 0.3 is 0 Å². The molecular formula is C11H13BrClN3S. The van der Waals surface area contributed by atoms with E-state index in [4.69, 9.17) is 11.6 Å². The van der Waals surface area contributed by atoms with E-state index >= 15 is 0 Å². The molecule has 0 radical (unpaired) electrons. The van der Waals surface area contributed by atoms with Gasteiger partial charge in [-0.25, -0.2) is 0 Å². The third kappa shape index (κ3) is 3.81. The zero-order valence-electron chi connectivity index (χ0n) is 9.41. The van der Waals surface area contributed by atoms with Crippen molar-refractivity contribution in [2.75, 3.05) is 6.54 Å². The Labute approximate surface area is 118 Å². The molecule has 0 aliphatic rings. The molecule has 0 saturated carbocycles. The van der Waals surface area contributed by atoms with Crippen molar-refractivity contribution in [2.45, 2.75) is 20.0 Å². The molecule has 2 aromatic rings. The third-order valence-corrected chi connectivity index (χ3v) is 4.75. The topological polar surface area (TPSA) is 29.9 Å². The highest BCUT2D eigenvalue weighted by Gasteiger charge is 2.03. The van der Waals surface area contributed by atoms with E-state index in [1.54, 1.807) is 11.3 Å². The molecule has 17 heavy (non-hydrogen) atoms. The molecule has 0 spiro atoms. The summed E-state index contributed by atoms with van der Waals surface area (Å²) in [5.41, 5.74) is 1.19. The number of rotatable bonds is 5. The van der Waals surface area contributed by atoms with Gasteiger partial charge in [0.15, 0.2) is 0 Å². The van der Waals surface area contributed by atoms with Crippen molar-refractivity contribution < 1.29 is 0 Å². The van der Waals surface area contributed by atoms with Crippen LogP contribution in [0.25, 0.3) is 0 Å². The lowest BCUT2D eigenvalue weighted by Gasteiger charge is -2.03. The number of thiophene rings is 1. The fraction of sp³-hybridized carbons (Fsp3) is 0.364. The van der Waals surface area contributed by atoms with E-state index in [2.05, 4.69) is 32.4 Å². The standard InChI is InChI=1S/C11H13BrClN3S/c1-8-5-15-16(7-8)3-2-14-6-9-4-10(12)11(13)17-9/h4-5,7,14H,2-3,6H2,1H3. The molecule has 92 valence electrons. The number of nitrogens with one attached hydrogen (secondary N) is 1. The van der Waals surface area contributed by atoms with Crippen LogP contribution in [0.3, 0.4) is 0 Å².